The fraction of sp³-hybridized carbons (Fsp3) is 0.562. The molecule has 0 amide bonds. The third kappa shape index (κ3) is 4.53. The van der Waals surface area contributed by atoms with Crippen LogP contribution in [0.15, 0.2) is 22.7 Å². The summed E-state index contributed by atoms with van der Waals surface area (Å²) < 4.78 is 6.10. The maximum Gasteiger partial charge on any atom is 0.138 e. The molecule has 21 heavy (non-hydrogen) atoms. The highest BCUT2D eigenvalue weighted by Crippen LogP contribution is 2.26. The Morgan fingerprint density at radius 1 is 1.38 bits per heavy atom. The lowest BCUT2D eigenvalue weighted by molar-refractivity contribution is -0.120. The third-order valence-corrected chi connectivity index (χ3v) is 4.68. The van der Waals surface area contributed by atoms with Crippen LogP contribution in [0.1, 0.15) is 12.0 Å². The number of nitrogens with zero attached hydrogens (tertiary/aromatic N) is 2. The lowest BCUT2D eigenvalue weighted by Gasteiger charge is -2.37. The molecule has 0 spiro atoms. The molecule has 5 heteroatoms. The Hall–Kier alpha value is -0.910. The van der Waals surface area contributed by atoms with Crippen LogP contribution in [0.25, 0.3) is 0 Å². The second-order valence-electron chi connectivity index (χ2n) is 5.79. The second kappa shape index (κ2) is 7.38. The maximum absolute atomic E-state index is 12.3. The fourth-order valence-corrected chi connectivity index (χ4v) is 3.29. The van der Waals surface area contributed by atoms with Crippen molar-refractivity contribution in [1.29, 1.82) is 0 Å². The molecular weight excluding hydrogens is 332 g/mol. The van der Waals surface area contributed by atoms with Crippen molar-refractivity contribution in [1.82, 2.24) is 9.80 Å². The molecule has 0 radical (unpaired) electrons. The number of hydrogen-bond donors (Lipinski definition) is 0. The lowest BCUT2D eigenvalue weighted by atomic mass is 10.0. The number of carbonyl (C=O) groups is 1. The Labute approximate surface area is 135 Å². The largest absolute Gasteiger partial charge is 0.496 e. The minimum absolute atomic E-state index is 0.291. The standard InChI is InChI=1S/C16H23BrN2O2/c1-18-6-7-19(2)13(11-18)10-14(20)8-12-4-5-16(21-3)15(17)9-12/h4-5,9,13H,6-8,10-11H2,1-3H3. The van der Waals surface area contributed by atoms with Crippen LogP contribution in [-0.2, 0) is 11.2 Å². The van der Waals surface area contributed by atoms with Crippen LogP contribution >= 0.6 is 15.9 Å². The van der Waals surface area contributed by atoms with Gasteiger partial charge < -0.3 is 14.5 Å². The van der Waals surface area contributed by atoms with Crippen molar-refractivity contribution in [3.8, 4) is 5.75 Å². The van der Waals surface area contributed by atoms with Gasteiger partial charge in [-0.05, 0) is 47.7 Å². The van der Waals surface area contributed by atoms with Crippen LogP contribution in [0.3, 0.4) is 0 Å². The molecule has 0 saturated carbocycles. The molecule has 1 aliphatic rings. The van der Waals surface area contributed by atoms with E-state index in [1.807, 2.05) is 18.2 Å². The number of ether oxygens (including phenoxy) is 1. The molecule has 1 atom stereocenters. The smallest absolute Gasteiger partial charge is 0.138 e. The summed E-state index contributed by atoms with van der Waals surface area (Å²) >= 11 is 3.46. The Morgan fingerprint density at radius 3 is 2.81 bits per heavy atom. The Balaban J connectivity index is 1.93. The van der Waals surface area contributed by atoms with E-state index in [4.69, 9.17) is 4.74 Å². The monoisotopic (exact) mass is 354 g/mol. The summed E-state index contributed by atoms with van der Waals surface area (Å²) in [6, 6.07) is 6.15. The normalized spacial score (nSPS) is 20.5. The molecular formula is C16H23BrN2O2. The van der Waals surface area contributed by atoms with Crippen molar-refractivity contribution in [2.45, 2.75) is 18.9 Å². The zero-order valence-corrected chi connectivity index (χ0v) is 14.5. The summed E-state index contributed by atoms with van der Waals surface area (Å²) in [6.07, 6.45) is 1.10. The highest BCUT2D eigenvalue weighted by Gasteiger charge is 2.24. The SMILES string of the molecule is COc1ccc(CC(=O)CC2CN(C)CCN2C)cc1Br. The molecule has 2 rings (SSSR count). The molecule has 1 aliphatic heterocycles. The van der Waals surface area contributed by atoms with Gasteiger partial charge in [0.2, 0.25) is 0 Å². The van der Waals surface area contributed by atoms with Crippen molar-refractivity contribution < 1.29 is 9.53 Å². The van der Waals surface area contributed by atoms with Gasteiger partial charge >= 0.3 is 0 Å². The van der Waals surface area contributed by atoms with E-state index >= 15 is 0 Å². The van der Waals surface area contributed by atoms with Crippen molar-refractivity contribution >= 4 is 21.7 Å². The third-order valence-electron chi connectivity index (χ3n) is 4.06. The summed E-state index contributed by atoms with van der Waals surface area (Å²) in [5.41, 5.74) is 1.03. The molecule has 1 unspecified atom stereocenters. The number of piperazine rings is 1. The van der Waals surface area contributed by atoms with Crippen LogP contribution in [0.5, 0.6) is 5.75 Å². The van der Waals surface area contributed by atoms with E-state index in [-0.39, 0.29) is 0 Å². The zero-order chi connectivity index (χ0) is 15.4. The molecule has 0 N–H and O–H groups in total. The first kappa shape index (κ1) is 16.5. The molecule has 1 saturated heterocycles. The number of likely N-dealkylation sites (N-methyl/N-ethyl adjacent to an activating group) is 2. The number of halogens is 1. The van der Waals surface area contributed by atoms with Gasteiger partial charge in [0, 0.05) is 38.5 Å². The van der Waals surface area contributed by atoms with Gasteiger partial charge in [0.05, 0.1) is 11.6 Å². The summed E-state index contributed by atoms with van der Waals surface area (Å²) in [7, 11) is 5.86. The van der Waals surface area contributed by atoms with Crippen molar-refractivity contribution in [2.24, 2.45) is 0 Å². The number of rotatable bonds is 5. The highest BCUT2D eigenvalue weighted by atomic mass is 79.9. The second-order valence-corrected chi connectivity index (χ2v) is 6.64. The first-order valence-corrected chi connectivity index (χ1v) is 8.01. The van der Waals surface area contributed by atoms with Crippen molar-refractivity contribution in [2.75, 3.05) is 40.8 Å². The minimum Gasteiger partial charge on any atom is -0.496 e. The van der Waals surface area contributed by atoms with E-state index in [9.17, 15) is 4.79 Å². The first-order valence-electron chi connectivity index (χ1n) is 7.22. The van der Waals surface area contributed by atoms with E-state index in [2.05, 4.69) is 39.8 Å². The fourth-order valence-electron chi connectivity index (χ4n) is 2.70. The van der Waals surface area contributed by atoms with Crippen molar-refractivity contribution in [3.63, 3.8) is 0 Å². The van der Waals surface area contributed by atoms with Gasteiger partial charge in [0.1, 0.15) is 11.5 Å². The molecule has 1 fully saturated rings. The Morgan fingerprint density at radius 2 is 2.14 bits per heavy atom. The van der Waals surface area contributed by atoms with E-state index in [0.29, 0.717) is 24.7 Å². The molecule has 1 aromatic rings. The van der Waals surface area contributed by atoms with Gasteiger partial charge in [-0.3, -0.25) is 4.79 Å². The predicted molar refractivity (Wildman–Crippen MR) is 87.9 cm³/mol. The average Bonchev–Trinajstić information content (AvgIpc) is 2.43. The van der Waals surface area contributed by atoms with Crippen LogP contribution in [0.2, 0.25) is 0 Å². The number of Topliss-reactive ketones (excluding diaryl/α,β-unsaturated/α-hetero) is 1. The number of hydrogen-bond acceptors (Lipinski definition) is 4. The maximum atomic E-state index is 12.3. The predicted octanol–water partition coefficient (Wildman–Crippen LogP) is 2.21. The lowest BCUT2D eigenvalue weighted by Crippen LogP contribution is -2.50. The number of ketones is 1. The van der Waals surface area contributed by atoms with Gasteiger partial charge in [-0.2, -0.15) is 0 Å². The number of carbonyl (C=O) groups excluding carboxylic acids is 1. The van der Waals surface area contributed by atoms with Gasteiger partial charge in [-0.1, -0.05) is 6.07 Å². The van der Waals surface area contributed by atoms with Crippen LogP contribution in [-0.4, -0.2) is 62.5 Å². The highest BCUT2D eigenvalue weighted by molar-refractivity contribution is 9.10. The molecule has 0 aromatic heterocycles. The first-order chi connectivity index (χ1) is 9.99. The average molecular weight is 355 g/mol. The summed E-state index contributed by atoms with van der Waals surface area (Å²) in [6.45, 7) is 3.07. The molecule has 1 aromatic carbocycles. The summed E-state index contributed by atoms with van der Waals surface area (Å²) in [4.78, 5) is 16.9. The van der Waals surface area contributed by atoms with E-state index < -0.39 is 0 Å². The van der Waals surface area contributed by atoms with Crippen LogP contribution in [0.4, 0.5) is 0 Å². The Bertz CT molecular complexity index is 507. The van der Waals surface area contributed by atoms with E-state index in [0.717, 1.165) is 35.4 Å². The molecule has 1 heterocycles. The summed E-state index contributed by atoms with van der Waals surface area (Å²) in [5, 5.41) is 0. The van der Waals surface area contributed by atoms with Crippen LogP contribution in [0, 0.1) is 0 Å². The van der Waals surface area contributed by atoms with E-state index in [1.54, 1.807) is 7.11 Å². The van der Waals surface area contributed by atoms with Crippen molar-refractivity contribution in [3.05, 3.63) is 28.2 Å². The quantitative estimate of drug-likeness (QED) is 0.811. The van der Waals surface area contributed by atoms with Gasteiger partial charge in [-0.15, -0.1) is 0 Å². The van der Waals surface area contributed by atoms with Gasteiger partial charge in [0.25, 0.3) is 0 Å². The van der Waals surface area contributed by atoms with Crippen LogP contribution < -0.4 is 4.74 Å². The minimum atomic E-state index is 0.291. The van der Waals surface area contributed by atoms with E-state index in [1.165, 1.54) is 0 Å². The topological polar surface area (TPSA) is 32.8 Å². The van der Waals surface area contributed by atoms with Gasteiger partial charge in [0.15, 0.2) is 0 Å². The molecule has 0 bridgehead atoms. The van der Waals surface area contributed by atoms with Gasteiger partial charge in [-0.25, -0.2) is 0 Å². The number of benzene rings is 1. The summed E-state index contributed by atoms with van der Waals surface area (Å²) in [5.74, 6) is 1.08. The number of methoxy groups -OCH3 is 1. The zero-order valence-electron chi connectivity index (χ0n) is 12.9. The molecule has 116 valence electrons. The molecule has 4 nitrogen and oxygen atoms in total. The Kier molecular flexibility index (Phi) is 5.79. The molecule has 0 aliphatic carbocycles.